The van der Waals surface area contributed by atoms with Gasteiger partial charge >= 0.3 is 0 Å². The largest absolute Gasteiger partial charge is 0.307 e. The molecule has 2 unspecified atom stereocenters. The highest BCUT2D eigenvalue weighted by atomic mass is 14.9. The Morgan fingerprint density at radius 2 is 1.48 bits per heavy atom. The summed E-state index contributed by atoms with van der Waals surface area (Å²) < 4.78 is 0. The Labute approximate surface area is 129 Å². The minimum absolute atomic E-state index is 0.408. The highest BCUT2D eigenvalue weighted by molar-refractivity contribution is 5.26. The van der Waals surface area contributed by atoms with E-state index >= 15 is 0 Å². The quantitative estimate of drug-likeness (QED) is 0.793. The lowest BCUT2D eigenvalue weighted by molar-refractivity contribution is 0.368. The van der Waals surface area contributed by atoms with Crippen molar-refractivity contribution in [1.82, 2.24) is 5.32 Å². The Morgan fingerprint density at radius 1 is 0.857 bits per heavy atom. The second kappa shape index (κ2) is 7.42. The maximum atomic E-state index is 3.81. The van der Waals surface area contributed by atoms with Gasteiger partial charge in [-0.25, -0.2) is 0 Å². The summed E-state index contributed by atoms with van der Waals surface area (Å²) in [5.74, 6) is 0.576. The van der Waals surface area contributed by atoms with Crippen LogP contribution < -0.4 is 5.32 Å². The van der Waals surface area contributed by atoms with E-state index in [4.69, 9.17) is 0 Å². The molecule has 1 N–H and O–H groups in total. The second-order valence-corrected chi connectivity index (χ2v) is 6.33. The fourth-order valence-corrected chi connectivity index (χ4v) is 2.87. The van der Waals surface area contributed by atoms with Crippen molar-refractivity contribution in [1.29, 1.82) is 0 Å². The first kappa shape index (κ1) is 15.8. The molecule has 0 spiro atoms. The molecule has 0 bridgehead atoms. The molecule has 1 nitrogen and oxygen atoms in total. The normalized spacial score (nSPS) is 14.1. The molecule has 0 heterocycles. The Morgan fingerprint density at radius 3 is 2.10 bits per heavy atom. The van der Waals surface area contributed by atoms with Crippen LogP contribution in [-0.2, 0) is 6.42 Å². The Kier molecular flexibility index (Phi) is 5.58. The van der Waals surface area contributed by atoms with Gasteiger partial charge in [0.25, 0.3) is 0 Å². The van der Waals surface area contributed by atoms with Crippen LogP contribution in [0.3, 0.4) is 0 Å². The van der Waals surface area contributed by atoms with Crippen molar-refractivity contribution in [2.75, 3.05) is 0 Å². The minimum Gasteiger partial charge on any atom is -0.307 e. The molecular formula is C20H27N. The minimum atomic E-state index is 0.408. The van der Waals surface area contributed by atoms with Gasteiger partial charge in [-0.3, -0.25) is 0 Å². The molecule has 0 fully saturated rings. The number of aryl methyl sites for hydroxylation is 1. The number of rotatable bonds is 6. The van der Waals surface area contributed by atoms with Crippen molar-refractivity contribution in [3.8, 4) is 0 Å². The average Bonchev–Trinajstić information content (AvgIpc) is 2.48. The van der Waals surface area contributed by atoms with Crippen molar-refractivity contribution in [3.63, 3.8) is 0 Å². The zero-order valence-corrected chi connectivity index (χ0v) is 13.6. The van der Waals surface area contributed by atoms with E-state index in [2.05, 4.69) is 87.6 Å². The van der Waals surface area contributed by atoms with Gasteiger partial charge in [0, 0.05) is 12.1 Å². The fourth-order valence-electron chi connectivity index (χ4n) is 2.87. The van der Waals surface area contributed by atoms with Crippen molar-refractivity contribution in [2.45, 2.75) is 46.2 Å². The lowest BCUT2D eigenvalue weighted by Gasteiger charge is -2.27. The van der Waals surface area contributed by atoms with E-state index in [9.17, 15) is 0 Å². The highest BCUT2D eigenvalue weighted by Gasteiger charge is 2.18. The van der Waals surface area contributed by atoms with Crippen LogP contribution in [0.15, 0.2) is 54.6 Å². The summed E-state index contributed by atoms with van der Waals surface area (Å²) in [6, 6.07) is 20.3. The molecule has 0 amide bonds. The number of hydrogen-bond donors (Lipinski definition) is 1. The first-order valence-corrected chi connectivity index (χ1v) is 7.93. The van der Waals surface area contributed by atoms with Gasteiger partial charge in [0.05, 0.1) is 0 Å². The molecule has 0 aliphatic heterocycles. The van der Waals surface area contributed by atoms with Crippen molar-refractivity contribution in [3.05, 3.63) is 71.3 Å². The second-order valence-electron chi connectivity index (χ2n) is 6.33. The topological polar surface area (TPSA) is 12.0 Å². The van der Waals surface area contributed by atoms with Crippen LogP contribution in [0.25, 0.3) is 0 Å². The fraction of sp³-hybridized carbons (Fsp3) is 0.400. The number of benzene rings is 2. The van der Waals surface area contributed by atoms with E-state index in [1.54, 1.807) is 0 Å². The van der Waals surface area contributed by atoms with Gasteiger partial charge in [0.15, 0.2) is 0 Å². The van der Waals surface area contributed by atoms with E-state index in [1.165, 1.54) is 16.7 Å². The first-order valence-electron chi connectivity index (χ1n) is 7.93. The van der Waals surface area contributed by atoms with E-state index in [-0.39, 0.29) is 0 Å². The van der Waals surface area contributed by atoms with Crippen LogP contribution in [-0.4, -0.2) is 6.04 Å². The van der Waals surface area contributed by atoms with E-state index in [1.807, 2.05) is 0 Å². The molecule has 2 aromatic carbocycles. The third-order valence-electron chi connectivity index (χ3n) is 4.08. The molecule has 0 aliphatic carbocycles. The molecule has 0 aromatic heterocycles. The summed E-state index contributed by atoms with van der Waals surface area (Å²) in [6.07, 6.45) is 1.07. The van der Waals surface area contributed by atoms with Gasteiger partial charge < -0.3 is 5.32 Å². The Bertz CT molecular complexity index is 545. The SMILES string of the molecule is Cc1ccccc1CC(C)NC(c1ccccc1)C(C)C. The molecule has 2 rings (SSSR count). The summed E-state index contributed by atoms with van der Waals surface area (Å²) in [5, 5.41) is 3.81. The van der Waals surface area contributed by atoms with Crippen LogP contribution in [0.5, 0.6) is 0 Å². The van der Waals surface area contributed by atoms with Crippen LogP contribution in [0, 0.1) is 12.8 Å². The maximum Gasteiger partial charge on any atom is 0.0345 e. The molecule has 21 heavy (non-hydrogen) atoms. The third kappa shape index (κ3) is 4.44. The molecule has 2 atom stereocenters. The maximum absolute atomic E-state index is 3.81. The monoisotopic (exact) mass is 281 g/mol. The zero-order valence-electron chi connectivity index (χ0n) is 13.6. The molecule has 2 aromatic rings. The molecular weight excluding hydrogens is 254 g/mol. The van der Waals surface area contributed by atoms with E-state index in [0.717, 1.165) is 6.42 Å². The van der Waals surface area contributed by atoms with Gasteiger partial charge in [-0.15, -0.1) is 0 Å². The molecule has 0 saturated heterocycles. The number of nitrogens with one attached hydrogen (secondary N) is 1. The van der Waals surface area contributed by atoms with E-state index in [0.29, 0.717) is 18.0 Å². The van der Waals surface area contributed by atoms with Gasteiger partial charge in [0.2, 0.25) is 0 Å². The summed E-state index contributed by atoms with van der Waals surface area (Å²) >= 11 is 0. The molecule has 1 heteroatoms. The highest BCUT2D eigenvalue weighted by Crippen LogP contribution is 2.22. The van der Waals surface area contributed by atoms with Crippen LogP contribution in [0.1, 0.15) is 43.5 Å². The van der Waals surface area contributed by atoms with Gasteiger partial charge in [0.1, 0.15) is 0 Å². The van der Waals surface area contributed by atoms with E-state index < -0.39 is 0 Å². The predicted molar refractivity (Wildman–Crippen MR) is 91.5 cm³/mol. The van der Waals surface area contributed by atoms with Crippen molar-refractivity contribution < 1.29 is 0 Å². The van der Waals surface area contributed by atoms with Crippen molar-refractivity contribution >= 4 is 0 Å². The van der Waals surface area contributed by atoms with Gasteiger partial charge in [-0.1, -0.05) is 68.4 Å². The molecule has 0 aliphatic rings. The predicted octanol–water partition coefficient (Wildman–Crippen LogP) is 4.91. The first-order chi connectivity index (χ1) is 10.1. The van der Waals surface area contributed by atoms with Crippen molar-refractivity contribution in [2.24, 2.45) is 5.92 Å². The van der Waals surface area contributed by atoms with Crippen LogP contribution in [0.4, 0.5) is 0 Å². The summed E-state index contributed by atoms with van der Waals surface area (Å²) in [4.78, 5) is 0. The average molecular weight is 281 g/mol. The third-order valence-corrected chi connectivity index (χ3v) is 4.08. The summed E-state index contributed by atoms with van der Waals surface area (Å²) in [5.41, 5.74) is 4.20. The Hall–Kier alpha value is -1.60. The standard InChI is InChI=1S/C20H27N/c1-15(2)20(18-11-6-5-7-12-18)21-17(4)14-19-13-9-8-10-16(19)3/h5-13,15,17,20-21H,14H2,1-4H3. The van der Waals surface area contributed by atoms with Crippen LogP contribution in [0.2, 0.25) is 0 Å². The molecule has 112 valence electrons. The zero-order chi connectivity index (χ0) is 15.2. The lowest BCUT2D eigenvalue weighted by atomic mass is 9.94. The number of hydrogen-bond acceptors (Lipinski definition) is 1. The van der Waals surface area contributed by atoms with Gasteiger partial charge in [-0.05, 0) is 42.9 Å². The summed E-state index contributed by atoms with van der Waals surface area (Å²) in [7, 11) is 0. The van der Waals surface area contributed by atoms with Gasteiger partial charge in [-0.2, -0.15) is 0 Å². The van der Waals surface area contributed by atoms with Crippen LogP contribution >= 0.6 is 0 Å². The molecule has 0 saturated carbocycles. The smallest absolute Gasteiger partial charge is 0.0345 e. The lowest BCUT2D eigenvalue weighted by Crippen LogP contribution is -2.35. The summed E-state index contributed by atoms with van der Waals surface area (Å²) in [6.45, 7) is 9.04. The molecule has 0 radical (unpaired) electrons. The Balaban J connectivity index is 2.06.